The molecule has 27 heavy (non-hydrogen) atoms. The van der Waals surface area contributed by atoms with Gasteiger partial charge in [-0.15, -0.1) is 0 Å². The van der Waals surface area contributed by atoms with Gasteiger partial charge in [0.2, 0.25) is 5.91 Å². The summed E-state index contributed by atoms with van der Waals surface area (Å²) in [5.41, 5.74) is 2.32. The average Bonchev–Trinajstić information content (AvgIpc) is 2.74. The fourth-order valence-electron chi connectivity index (χ4n) is 3.84. The number of carbonyl (C=O) groups is 1. The number of amides is 1. The zero-order valence-electron chi connectivity index (χ0n) is 16.1. The monoisotopic (exact) mass is 367 g/mol. The molecule has 0 radical (unpaired) electrons. The van der Waals surface area contributed by atoms with E-state index in [-0.39, 0.29) is 11.3 Å². The van der Waals surface area contributed by atoms with Gasteiger partial charge in [0, 0.05) is 37.2 Å². The van der Waals surface area contributed by atoms with E-state index >= 15 is 0 Å². The second-order valence-electron chi connectivity index (χ2n) is 7.21. The molecule has 4 heteroatoms. The summed E-state index contributed by atoms with van der Waals surface area (Å²) < 4.78 is 11.2. The van der Waals surface area contributed by atoms with E-state index in [9.17, 15) is 4.79 Å². The van der Waals surface area contributed by atoms with Crippen LogP contribution in [0.3, 0.4) is 0 Å². The number of hydrogen-bond acceptors (Lipinski definition) is 3. The highest BCUT2D eigenvalue weighted by atomic mass is 16.5. The van der Waals surface area contributed by atoms with Gasteiger partial charge in [0.1, 0.15) is 5.75 Å². The Balaban J connectivity index is 1.59. The lowest BCUT2D eigenvalue weighted by atomic mass is 9.73. The molecule has 1 N–H and O–H groups in total. The number of para-hydroxylation sites is 1. The first-order chi connectivity index (χ1) is 13.2. The molecule has 0 saturated carbocycles. The molecule has 3 rings (SSSR count). The van der Waals surface area contributed by atoms with Crippen molar-refractivity contribution in [3.63, 3.8) is 0 Å². The van der Waals surface area contributed by atoms with Crippen LogP contribution in [0.2, 0.25) is 0 Å². The van der Waals surface area contributed by atoms with E-state index in [4.69, 9.17) is 9.47 Å². The molecule has 0 spiro atoms. The fraction of sp³-hybridized carbons (Fsp3) is 0.435. The minimum Gasteiger partial charge on any atom is -0.496 e. The highest BCUT2D eigenvalue weighted by Crippen LogP contribution is 2.39. The van der Waals surface area contributed by atoms with Crippen LogP contribution >= 0.6 is 0 Å². The Morgan fingerprint density at radius 2 is 1.78 bits per heavy atom. The fourth-order valence-corrected chi connectivity index (χ4v) is 3.84. The van der Waals surface area contributed by atoms with E-state index in [1.165, 1.54) is 11.1 Å². The molecule has 2 aromatic carbocycles. The first-order valence-electron chi connectivity index (χ1n) is 9.75. The molecule has 0 unspecified atom stereocenters. The Bertz CT molecular complexity index is 723. The van der Waals surface area contributed by atoms with Gasteiger partial charge in [-0.2, -0.15) is 0 Å². The first-order valence-corrected chi connectivity index (χ1v) is 9.75. The van der Waals surface area contributed by atoms with Crippen LogP contribution in [0, 0.1) is 0 Å². The summed E-state index contributed by atoms with van der Waals surface area (Å²) >= 11 is 0. The van der Waals surface area contributed by atoms with Gasteiger partial charge in [-0.05, 0) is 37.3 Å². The van der Waals surface area contributed by atoms with E-state index in [0.717, 1.165) is 31.4 Å². The number of methoxy groups -OCH3 is 1. The van der Waals surface area contributed by atoms with E-state index in [2.05, 4.69) is 23.5 Å². The van der Waals surface area contributed by atoms with Crippen LogP contribution < -0.4 is 10.1 Å². The summed E-state index contributed by atoms with van der Waals surface area (Å²) in [6.07, 6.45) is 4.11. The van der Waals surface area contributed by atoms with E-state index in [0.29, 0.717) is 26.2 Å². The quantitative estimate of drug-likeness (QED) is 0.770. The largest absolute Gasteiger partial charge is 0.496 e. The van der Waals surface area contributed by atoms with Gasteiger partial charge in [0.15, 0.2) is 0 Å². The number of ether oxygens (including phenoxy) is 2. The Morgan fingerprint density at radius 3 is 2.52 bits per heavy atom. The van der Waals surface area contributed by atoms with Crippen molar-refractivity contribution in [3.05, 3.63) is 65.7 Å². The summed E-state index contributed by atoms with van der Waals surface area (Å²) in [6.45, 7) is 2.05. The van der Waals surface area contributed by atoms with Crippen LogP contribution in [0.15, 0.2) is 54.6 Å². The van der Waals surface area contributed by atoms with Gasteiger partial charge < -0.3 is 14.8 Å². The Hall–Kier alpha value is -2.33. The van der Waals surface area contributed by atoms with Gasteiger partial charge in [-0.3, -0.25) is 4.79 Å². The lowest BCUT2D eigenvalue weighted by Crippen LogP contribution is -2.44. The molecule has 0 aromatic heterocycles. The molecule has 1 fully saturated rings. The molecule has 1 heterocycles. The Labute approximate surface area is 161 Å². The molecule has 1 amide bonds. The molecule has 1 aliphatic heterocycles. The number of rotatable bonds is 8. The number of benzene rings is 2. The zero-order chi connectivity index (χ0) is 19.0. The maximum Gasteiger partial charge on any atom is 0.220 e. The van der Waals surface area contributed by atoms with Crippen molar-refractivity contribution in [2.75, 3.05) is 26.9 Å². The molecule has 1 saturated heterocycles. The third kappa shape index (κ3) is 5.10. The highest BCUT2D eigenvalue weighted by molar-refractivity contribution is 5.76. The maximum atomic E-state index is 12.4. The predicted octanol–water partition coefficient (Wildman–Crippen LogP) is 3.88. The van der Waals surface area contributed by atoms with Crippen LogP contribution in [-0.4, -0.2) is 32.8 Å². The van der Waals surface area contributed by atoms with Crippen LogP contribution in [0.1, 0.15) is 36.8 Å². The molecule has 1 aliphatic rings. The van der Waals surface area contributed by atoms with E-state index in [1.54, 1.807) is 7.11 Å². The van der Waals surface area contributed by atoms with Crippen molar-refractivity contribution >= 4 is 5.91 Å². The molecule has 144 valence electrons. The summed E-state index contributed by atoms with van der Waals surface area (Å²) in [4.78, 5) is 12.4. The molecule has 0 bridgehead atoms. The van der Waals surface area contributed by atoms with E-state index < -0.39 is 0 Å². The third-order valence-corrected chi connectivity index (χ3v) is 5.46. The second kappa shape index (κ2) is 9.56. The van der Waals surface area contributed by atoms with Crippen molar-refractivity contribution in [2.24, 2.45) is 0 Å². The van der Waals surface area contributed by atoms with Crippen molar-refractivity contribution in [1.82, 2.24) is 5.32 Å². The standard InChI is InChI=1S/C23H29NO3/c1-26-21-12-6-5-11-20(21)23(14-16-27-17-15-23)18-24-22(25)13-7-10-19-8-3-2-4-9-19/h2-6,8-9,11-12H,7,10,13-18H2,1H3,(H,24,25). The summed E-state index contributed by atoms with van der Waals surface area (Å²) in [5, 5.41) is 3.18. The topological polar surface area (TPSA) is 47.6 Å². The normalized spacial score (nSPS) is 15.9. The molecular weight excluding hydrogens is 338 g/mol. The smallest absolute Gasteiger partial charge is 0.220 e. The molecule has 0 aliphatic carbocycles. The minimum atomic E-state index is -0.125. The van der Waals surface area contributed by atoms with Gasteiger partial charge >= 0.3 is 0 Å². The van der Waals surface area contributed by atoms with E-state index in [1.807, 2.05) is 36.4 Å². The summed E-state index contributed by atoms with van der Waals surface area (Å²) in [7, 11) is 1.70. The highest BCUT2D eigenvalue weighted by Gasteiger charge is 2.36. The number of nitrogens with one attached hydrogen (secondary N) is 1. The third-order valence-electron chi connectivity index (χ3n) is 5.46. The second-order valence-corrected chi connectivity index (χ2v) is 7.21. The predicted molar refractivity (Wildman–Crippen MR) is 107 cm³/mol. The molecule has 2 aromatic rings. The van der Waals surface area contributed by atoms with Crippen molar-refractivity contribution in [1.29, 1.82) is 0 Å². The summed E-state index contributed by atoms with van der Waals surface area (Å²) in [5.74, 6) is 1.00. The minimum absolute atomic E-state index is 0.117. The Morgan fingerprint density at radius 1 is 1.07 bits per heavy atom. The van der Waals surface area contributed by atoms with Crippen LogP contribution in [-0.2, 0) is 21.4 Å². The lowest BCUT2D eigenvalue weighted by molar-refractivity contribution is -0.121. The van der Waals surface area contributed by atoms with Gasteiger partial charge in [-0.1, -0.05) is 48.5 Å². The maximum absolute atomic E-state index is 12.4. The van der Waals surface area contributed by atoms with Gasteiger partial charge in [0.05, 0.1) is 7.11 Å². The average molecular weight is 367 g/mol. The number of carbonyl (C=O) groups excluding carboxylic acids is 1. The molecular formula is C23H29NO3. The SMILES string of the molecule is COc1ccccc1C1(CNC(=O)CCCc2ccccc2)CCOCC1. The first kappa shape index (κ1) is 19.4. The number of hydrogen-bond donors (Lipinski definition) is 1. The van der Waals surface area contributed by atoms with Gasteiger partial charge in [-0.25, -0.2) is 0 Å². The molecule has 4 nitrogen and oxygen atoms in total. The van der Waals surface area contributed by atoms with Crippen molar-refractivity contribution in [2.45, 2.75) is 37.5 Å². The number of aryl methyl sites for hydroxylation is 1. The lowest BCUT2D eigenvalue weighted by Gasteiger charge is -2.38. The van der Waals surface area contributed by atoms with Crippen LogP contribution in [0.25, 0.3) is 0 Å². The van der Waals surface area contributed by atoms with Crippen LogP contribution in [0.5, 0.6) is 5.75 Å². The van der Waals surface area contributed by atoms with Crippen molar-refractivity contribution < 1.29 is 14.3 Å². The zero-order valence-corrected chi connectivity index (χ0v) is 16.1. The molecule has 0 atom stereocenters. The van der Waals surface area contributed by atoms with Gasteiger partial charge in [0.25, 0.3) is 0 Å². The van der Waals surface area contributed by atoms with Crippen molar-refractivity contribution in [3.8, 4) is 5.75 Å². The Kier molecular flexibility index (Phi) is 6.88. The summed E-state index contributed by atoms with van der Waals surface area (Å²) in [6, 6.07) is 18.4. The van der Waals surface area contributed by atoms with Crippen LogP contribution in [0.4, 0.5) is 0 Å².